The maximum atomic E-state index is 11.9. The number of aromatic nitrogens is 16. The first-order valence-corrected chi connectivity index (χ1v) is 39.0. The minimum absolute atomic E-state index is 0.00210. The molecule has 0 spiro atoms. The van der Waals surface area contributed by atoms with Crippen LogP contribution in [0.25, 0.3) is 134 Å². The number of Topliss-reactive ketones (excluding diaryl/α,β-unsaturated/α-hetero) is 2. The van der Waals surface area contributed by atoms with Crippen molar-refractivity contribution in [1.29, 1.82) is 0 Å². The fraction of sp³-hybridized carbons (Fsp3) is 0.0408. The largest absolute Gasteiger partial charge is 0.495 e. The Morgan fingerprint density at radius 3 is 0.820 bits per heavy atom. The van der Waals surface area contributed by atoms with Crippen LogP contribution >= 0.6 is 0 Å². The van der Waals surface area contributed by atoms with E-state index in [9.17, 15) is 9.59 Å². The van der Waals surface area contributed by atoms with Crippen molar-refractivity contribution in [3.63, 3.8) is 0 Å². The number of aromatic amines is 4. The predicted octanol–water partition coefficient (Wildman–Crippen LogP) is 22.1. The SMILES string of the molecule is CC(=O)c1cccc(-c2[nH]nc3ncnc(Nc4cccc(-c5ccccc5)c4)c23)c1.COc1ccc(-c2ccccc2)cc1Nc1ncnc2n[nH]c(-c3cccc(C(C)=O)c3)c12.COc1ccc(-c2ccccc2)cc1Nc1ncnc2n[nH]c(-c3ccccc3)c12.c1ccc(-c2cccc(Nc3ncnc4n[nH]c(-c5ccccc5)c34)c2)cc1. The second kappa shape index (κ2) is 36.0. The van der Waals surface area contributed by atoms with Gasteiger partial charge in [-0.1, -0.05) is 255 Å². The molecule has 0 aliphatic heterocycles. The van der Waals surface area contributed by atoms with Crippen LogP contribution < -0.4 is 30.7 Å². The highest BCUT2D eigenvalue weighted by Gasteiger charge is 2.22. The van der Waals surface area contributed by atoms with Gasteiger partial charge in [-0.2, -0.15) is 20.4 Å². The second-order valence-corrected chi connectivity index (χ2v) is 28.0. The normalized spacial score (nSPS) is 10.9. The van der Waals surface area contributed by atoms with Crippen molar-refractivity contribution in [3.05, 3.63) is 352 Å². The van der Waals surface area contributed by atoms with Crippen LogP contribution in [0.3, 0.4) is 0 Å². The molecule has 8 N–H and O–H groups in total. The van der Waals surface area contributed by atoms with Gasteiger partial charge in [0.25, 0.3) is 0 Å². The zero-order valence-electron chi connectivity index (χ0n) is 66.3. The number of methoxy groups -OCH3 is 2. The maximum absolute atomic E-state index is 11.9. The lowest BCUT2D eigenvalue weighted by molar-refractivity contribution is 0.100. The smallest absolute Gasteiger partial charge is 0.186 e. The van der Waals surface area contributed by atoms with E-state index in [1.165, 1.54) is 30.9 Å². The molecule has 0 unspecified atom stereocenters. The first kappa shape index (κ1) is 77.5. The van der Waals surface area contributed by atoms with E-state index in [0.717, 1.165) is 140 Å². The number of ketones is 2. The van der Waals surface area contributed by atoms with E-state index in [1.54, 1.807) is 40.2 Å². The highest BCUT2D eigenvalue weighted by molar-refractivity contribution is 6.05. The fourth-order valence-corrected chi connectivity index (χ4v) is 14.2. The topological polar surface area (TPSA) is 319 Å². The van der Waals surface area contributed by atoms with Crippen molar-refractivity contribution in [3.8, 4) is 101 Å². The van der Waals surface area contributed by atoms with Gasteiger partial charge in [0.15, 0.2) is 34.2 Å². The Hall–Kier alpha value is -17.0. The lowest BCUT2D eigenvalue weighted by Crippen LogP contribution is -1.99. The van der Waals surface area contributed by atoms with Crippen LogP contribution in [0.2, 0.25) is 0 Å². The van der Waals surface area contributed by atoms with E-state index < -0.39 is 0 Å². The summed E-state index contributed by atoms with van der Waals surface area (Å²) in [6, 6.07) is 104. The molecular formula is C98H76N20O4. The number of nitrogens with zero attached hydrogens (tertiary/aromatic N) is 12. The number of carbonyl (C=O) groups excluding carboxylic acids is 2. The molecule has 12 aromatic carbocycles. The number of hydrogen-bond acceptors (Lipinski definition) is 20. The van der Waals surface area contributed by atoms with E-state index in [1.807, 2.05) is 224 Å². The number of fused-ring (bicyclic) bond motifs is 4. The fourth-order valence-electron chi connectivity index (χ4n) is 14.2. The van der Waals surface area contributed by atoms with Gasteiger partial charge in [0.1, 0.15) is 60.1 Å². The highest BCUT2D eigenvalue weighted by atomic mass is 16.5. The van der Waals surface area contributed by atoms with E-state index >= 15 is 0 Å². The summed E-state index contributed by atoms with van der Waals surface area (Å²) < 4.78 is 11.2. The molecule has 0 radical (unpaired) electrons. The van der Waals surface area contributed by atoms with Gasteiger partial charge in [-0.15, -0.1) is 0 Å². The zero-order chi connectivity index (χ0) is 83.1. The van der Waals surface area contributed by atoms with Crippen molar-refractivity contribution >= 4 is 102 Å². The highest BCUT2D eigenvalue weighted by Crippen LogP contribution is 2.41. The number of nitrogens with one attached hydrogen (secondary N) is 8. The number of H-pyrrole nitrogens is 4. The summed E-state index contributed by atoms with van der Waals surface area (Å²) in [7, 11) is 3.29. The van der Waals surface area contributed by atoms with Gasteiger partial charge in [-0.25, -0.2) is 39.9 Å². The molecule has 0 bridgehead atoms. The summed E-state index contributed by atoms with van der Waals surface area (Å²) in [5.41, 5.74) is 23.0. The molecule has 0 atom stereocenters. The van der Waals surface area contributed by atoms with Crippen molar-refractivity contribution in [2.45, 2.75) is 13.8 Å². The molecule has 0 aliphatic rings. The van der Waals surface area contributed by atoms with Crippen molar-refractivity contribution in [1.82, 2.24) is 80.7 Å². The number of carbonyl (C=O) groups is 2. The number of anilines is 8. The van der Waals surface area contributed by atoms with Crippen LogP contribution in [-0.4, -0.2) is 106 Å². The minimum atomic E-state index is -0.00210. The Morgan fingerprint density at radius 1 is 0.254 bits per heavy atom. The van der Waals surface area contributed by atoms with E-state index in [4.69, 9.17) is 9.47 Å². The Bertz CT molecular complexity index is 7070. The van der Waals surface area contributed by atoms with E-state index in [2.05, 4.69) is 181 Å². The Balaban J connectivity index is 0.000000116. The zero-order valence-corrected chi connectivity index (χ0v) is 66.3. The van der Waals surface area contributed by atoms with Crippen molar-refractivity contribution in [2.75, 3.05) is 35.5 Å². The Labute approximate surface area is 699 Å². The average Bonchev–Trinajstić information content (AvgIpc) is 1.63. The molecule has 8 heterocycles. The van der Waals surface area contributed by atoms with Crippen LogP contribution in [-0.2, 0) is 0 Å². The Morgan fingerprint density at radius 2 is 0.516 bits per heavy atom. The quantitative estimate of drug-likeness (QED) is 0.0329. The monoisotopic (exact) mass is 1600 g/mol. The van der Waals surface area contributed by atoms with Crippen LogP contribution in [0.1, 0.15) is 34.6 Å². The standard InChI is InChI=1S/C26H21N5O2.C25H19N5O.C24H19N5O.C23H17N5/c1-16(32)18-9-6-10-20(13-18)24-23-25(27-15-28-26(23)31-30-24)29-21-14-19(11-12-22(21)33-2)17-7-4-3-5-8-17;1-16(31)18-9-5-11-20(13-18)23-22-24(26-15-27-25(22)30-29-23)28-21-12-6-10-19(14-21)17-7-3-2-4-8-17;1-30-20-13-12-18(16-8-4-2-5-9-16)14-19(20)27-23-21-22(17-10-6-3-7-11-17)28-29-24(21)26-15-25-23;1-3-8-16(9-4-1)18-12-7-13-19(14-18)26-22-20-21(17-10-5-2-6-11-17)27-28-23(20)25-15-24-22/h3-15H,1-2H3,(H2,27,28,29,30,31);2-15H,1H3,(H2,26,27,28,29,30);2-15H,1H3,(H2,25,26,27,28,29);1-15H,(H2,24,25,26,27,28). The van der Waals surface area contributed by atoms with Crippen LogP contribution in [0.15, 0.2) is 341 Å². The van der Waals surface area contributed by atoms with Gasteiger partial charge >= 0.3 is 0 Å². The minimum Gasteiger partial charge on any atom is -0.495 e. The number of benzene rings is 12. The van der Waals surface area contributed by atoms with Gasteiger partial charge in [0, 0.05) is 44.8 Å². The number of rotatable bonds is 20. The molecule has 20 aromatic rings. The molecule has 122 heavy (non-hydrogen) atoms. The third-order valence-electron chi connectivity index (χ3n) is 20.2. The third-order valence-corrected chi connectivity index (χ3v) is 20.2. The van der Waals surface area contributed by atoms with Gasteiger partial charge < -0.3 is 30.7 Å². The van der Waals surface area contributed by atoms with Crippen molar-refractivity contribution < 1.29 is 19.1 Å². The van der Waals surface area contributed by atoms with Crippen LogP contribution in [0.5, 0.6) is 11.5 Å². The van der Waals surface area contributed by atoms with Gasteiger partial charge in [0.05, 0.1) is 69.9 Å². The molecule has 0 aliphatic carbocycles. The van der Waals surface area contributed by atoms with Crippen LogP contribution in [0.4, 0.5) is 46.0 Å². The second-order valence-electron chi connectivity index (χ2n) is 28.0. The van der Waals surface area contributed by atoms with Gasteiger partial charge in [-0.05, 0) is 119 Å². The van der Waals surface area contributed by atoms with Gasteiger partial charge in [0.2, 0.25) is 0 Å². The first-order chi connectivity index (χ1) is 60.0. The molecule has 8 aromatic heterocycles. The summed E-state index contributed by atoms with van der Waals surface area (Å²) in [6.45, 7) is 3.10. The predicted molar refractivity (Wildman–Crippen MR) is 482 cm³/mol. The summed E-state index contributed by atoms with van der Waals surface area (Å²) in [5.74, 6) is 4.04. The van der Waals surface area contributed by atoms with Crippen LogP contribution in [0, 0.1) is 0 Å². The molecule has 20 rings (SSSR count). The third kappa shape index (κ3) is 17.3. The molecule has 0 fully saturated rings. The molecule has 592 valence electrons. The number of hydrogen-bond donors (Lipinski definition) is 8. The average molecular weight is 1600 g/mol. The van der Waals surface area contributed by atoms with E-state index in [0.29, 0.717) is 56.9 Å². The summed E-state index contributed by atoms with van der Waals surface area (Å²) >= 11 is 0. The molecule has 0 amide bonds. The van der Waals surface area contributed by atoms with Crippen molar-refractivity contribution in [2.24, 2.45) is 0 Å². The lowest BCUT2D eigenvalue weighted by atomic mass is 10.0. The molecule has 0 saturated carbocycles. The van der Waals surface area contributed by atoms with Gasteiger partial charge in [-0.3, -0.25) is 30.0 Å². The molecular weight excluding hydrogens is 1520 g/mol. The Kier molecular flexibility index (Phi) is 22.9. The summed E-state index contributed by atoms with van der Waals surface area (Å²) in [4.78, 5) is 58.9. The lowest BCUT2D eigenvalue weighted by Gasteiger charge is -2.13. The summed E-state index contributed by atoms with van der Waals surface area (Å²) in [5, 5.41) is 46.6. The molecule has 24 nitrogen and oxygen atoms in total. The number of ether oxygens (including phenoxy) is 2. The first-order valence-electron chi connectivity index (χ1n) is 39.0. The maximum Gasteiger partial charge on any atom is 0.186 e. The molecule has 24 heteroatoms. The summed E-state index contributed by atoms with van der Waals surface area (Å²) in [6.07, 6.45) is 5.99. The molecule has 0 saturated heterocycles. The van der Waals surface area contributed by atoms with E-state index in [-0.39, 0.29) is 11.6 Å².